The van der Waals surface area contributed by atoms with Gasteiger partial charge in [0.1, 0.15) is 5.54 Å². The van der Waals surface area contributed by atoms with Crippen molar-refractivity contribution in [3.05, 3.63) is 35.9 Å². The van der Waals surface area contributed by atoms with Crippen LogP contribution in [0.2, 0.25) is 0 Å². The lowest BCUT2D eigenvalue weighted by atomic mass is 9.87. The fourth-order valence-corrected chi connectivity index (χ4v) is 2.20. The van der Waals surface area contributed by atoms with Gasteiger partial charge in [0.25, 0.3) is 6.43 Å². The molecule has 0 aliphatic rings. The van der Waals surface area contributed by atoms with Gasteiger partial charge in [0.05, 0.1) is 12.6 Å². The number of rotatable bonds is 8. The van der Waals surface area contributed by atoms with Gasteiger partial charge in [-0.25, -0.2) is 8.78 Å². The summed E-state index contributed by atoms with van der Waals surface area (Å²) >= 11 is 0. The van der Waals surface area contributed by atoms with E-state index in [9.17, 15) is 14.0 Å². The first kappa shape index (κ1) is 16.5. The zero-order valence-corrected chi connectivity index (χ0v) is 11.9. The zero-order chi connectivity index (χ0) is 15.0. The molecule has 0 saturated heterocycles. The summed E-state index contributed by atoms with van der Waals surface area (Å²) in [7, 11) is 1.64. The molecule has 110 valence electrons. The van der Waals surface area contributed by atoms with Crippen molar-refractivity contribution >= 4 is 0 Å². The highest BCUT2D eigenvalue weighted by Crippen LogP contribution is 2.24. The van der Waals surface area contributed by atoms with Gasteiger partial charge in [0, 0.05) is 6.54 Å². The van der Waals surface area contributed by atoms with Crippen molar-refractivity contribution in [1.29, 1.82) is 5.26 Å². The maximum absolute atomic E-state index is 12.3. The Kier molecular flexibility index (Phi) is 6.56. The number of nitrogens with one attached hydrogen (secondary N) is 1. The van der Waals surface area contributed by atoms with Crippen LogP contribution in [0.3, 0.4) is 0 Å². The Morgan fingerprint density at radius 3 is 2.50 bits per heavy atom. The molecule has 5 heteroatoms. The predicted molar refractivity (Wildman–Crippen MR) is 75.5 cm³/mol. The van der Waals surface area contributed by atoms with Crippen molar-refractivity contribution in [1.82, 2.24) is 10.2 Å². The fourth-order valence-electron chi connectivity index (χ4n) is 2.20. The molecule has 1 rings (SSSR count). The summed E-state index contributed by atoms with van der Waals surface area (Å²) in [5, 5.41) is 12.8. The largest absolute Gasteiger partial charge is 0.301 e. The zero-order valence-electron chi connectivity index (χ0n) is 11.9. The molecule has 0 fully saturated rings. The fraction of sp³-hybridized carbons (Fsp3) is 0.533. The van der Waals surface area contributed by atoms with Crippen molar-refractivity contribution in [2.45, 2.75) is 25.3 Å². The first-order valence-corrected chi connectivity index (χ1v) is 6.72. The molecule has 3 nitrogen and oxygen atoms in total. The molecule has 20 heavy (non-hydrogen) atoms. The standard InChI is InChI=1S/C15H21F2N3/c1-3-19-15(12-18,13-7-5-4-6-8-13)9-10-20(2)11-14(16)17/h4-8,14,19H,3,9-11H2,1-2H3. The van der Waals surface area contributed by atoms with Crippen LogP contribution in [0.15, 0.2) is 30.3 Å². The number of nitrogens with zero attached hydrogens (tertiary/aromatic N) is 2. The maximum atomic E-state index is 12.3. The van der Waals surface area contributed by atoms with Crippen LogP contribution in [0.4, 0.5) is 8.78 Å². The highest BCUT2D eigenvalue weighted by atomic mass is 19.3. The van der Waals surface area contributed by atoms with Gasteiger partial charge in [-0.3, -0.25) is 5.32 Å². The van der Waals surface area contributed by atoms with Crippen LogP contribution in [0, 0.1) is 11.3 Å². The van der Waals surface area contributed by atoms with Crippen LogP contribution in [0.25, 0.3) is 0 Å². The van der Waals surface area contributed by atoms with Crippen LogP contribution in [-0.2, 0) is 5.54 Å². The van der Waals surface area contributed by atoms with Gasteiger partial charge in [0.15, 0.2) is 0 Å². The van der Waals surface area contributed by atoms with Crippen LogP contribution in [0.5, 0.6) is 0 Å². The maximum Gasteiger partial charge on any atom is 0.251 e. The van der Waals surface area contributed by atoms with Gasteiger partial charge in [-0.2, -0.15) is 5.26 Å². The van der Waals surface area contributed by atoms with Gasteiger partial charge in [0.2, 0.25) is 0 Å². The molecule has 0 heterocycles. The summed E-state index contributed by atoms with van der Waals surface area (Å²) in [6, 6.07) is 11.7. The average Bonchev–Trinajstić information content (AvgIpc) is 2.44. The molecule has 0 aliphatic carbocycles. The van der Waals surface area contributed by atoms with Crippen molar-refractivity contribution in [3.8, 4) is 6.07 Å². The van der Waals surface area contributed by atoms with Gasteiger partial charge in [-0.1, -0.05) is 37.3 Å². The minimum absolute atomic E-state index is 0.275. The lowest BCUT2D eigenvalue weighted by molar-refractivity contribution is 0.0968. The minimum atomic E-state index is -2.35. The van der Waals surface area contributed by atoms with E-state index in [1.54, 1.807) is 11.9 Å². The second-order valence-electron chi connectivity index (χ2n) is 4.82. The van der Waals surface area contributed by atoms with E-state index in [0.29, 0.717) is 19.5 Å². The summed E-state index contributed by atoms with van der Waals surface area (Å²) in [5.41, 5.74) is 0.0432. The molecule has 0 aromatic heterocycles. The summed E-state index contributed by atoms with van der Waals surface area (Å²) in [4.78, 5) is 1.55. The Balaban J connectivity index is 2.82. The lowest BCUT2D eigenvalue weighted by Gasteiger charge is -2.30. The predicted octanol–water partition coefficient (Wildman–Crippen LogP) is 2.60. The Labute approximate surface area is 119 Å². The Morgan fingerprint density at radius 2 is 2.00 bits per heavy atom. The molecular formula is C15H21F2N3. The third-order valence-corrected chi connectivity index (χ3v) is 3.25. The highest BCUT2D eigenvalue weighted by molar-refractivity contribution is 5.31. The molecule has 0 saturated carbocycles. The van der Waals surface area contributed by atoms with E-state index >= 15 is 0 Å². The SMILES string of the molecule is CCNC(C#N)(CCN(C)CC(F)F)c1ccccc1. The van der Waals surface area contributed by atoms with Gasteiger partial charge in [-0.05, 0) is 25.6 Å². The first-order chi connectivity index (χ1) is 9.54. The number of alkyl halides is 2. The summed E-state index contributed by atoms with van der Waals surface area (Å²) < 4.78 is 24.7. The molecule has 1 atom stereocenters. The molecule has 0 aliphatic heterocycles. The number of nitriles is 1. The average molecular weight is 281 g/mol. The van der Waals surface area contributed by atoms with Gasteiger partial charge >= 0.3 is 0 Å². The molecule has 0 spiro atoms. The van der Waals surface area contributed by atoms with Crippen molar-refractivity contribution in [2.24, 2.45) is 0 Å². The van der Waals surface area contributed by atoms with Crippen LogP contribution >= 0.6 is 0 Å². The highest BCUT2D eigenvalue weighted by Gasteiger charge is 2.31. The van der Waals surface area contributed by atoms with E-state index in [-0.39, 0.29) is 6.54 Å². The lowest BCUT2D eigenvalue weighted by Crippen LogP contribution is -2.44. The Bertz CT molecular complexity index is 430. The van der Waals surface area contributed by atoms with Gasteiger partial charge in [-0.15, -0.1) is 0 Å². The third kappa shape index (κ3) is 4.55. The van der Waals surface area contributed by atoms with Crippen LogP contribution in [-0.4, -0.2) is 38.0 Å². The summed E-state index contributed by atoms with van der Waals surface area (Å²) in [5.74, 6) is 0. The number of hydrogen-bond acceptors (Lipinski definition) is 3. The van der Waals surface area contributed by atoms with Crippen molar-refractivity contribution < 1.29 is 8.78 Å². The van der Waals surface area contributed by atoms with E-state index in [1.165, 1.54) is 0 Å². The van der Waals surface area contributed by atoms with Crippen LogP contribution in [0.1, 0.15) is 18.9 Å². The minimum Gasteiger partial charge on any atom is -0.301 e. The summed E-state index contributed by atoms with van der Waals surface area (Å²) in [6.07, 6.45) is -1.89. The van der Waals surface area contributed by atoms with E-state index in [4.69, 9.17) is 0 Å². The second kappa shape index (κ2) is 7.93. The topological polar surface area (TPSA) is 39.1 Å². The van der Waals surface area contributed by atoms with E-state index in [2.05, 4.69) is 11.4 Å². The summed E-state index contributed by atoms with van der Waals surface area (Å²) in [6.45, 7) is 2.72. The van der Waals surface area contributed by atoms with Crippen molar-refractivity contribution in [3.63, 3.8) is 0 Å². The second-order valence-corrected chi connectivity index (χ2v) is 4.82. The molecule has 1 unspecified atom stereocenters. The molecule has 0 bridgehead atoms. The molecular weight excluding hydrogens is 260 g/mol. The van der Waals surface area contributed by atoms with Crippen LogP contribution < -0.4 is 5.32 Å². The molecule has 0 amide bonds. The van der Waals surface area contributed by atoms with E-state index < -0.39 is 12.0 Å². The smallest absolute Gasteiger partial charge is 0.251 e. The third-order valence-electron chi connectivity index (χ3n) is 3.25. The Morgan fingerprint density at radius 1 is 1.35 bits per heavy atom. The van der Waals surface area contributed by atoms with E-state index in [1.807, 2.05) is 37.3 Å². The Hall–Kier alpha value is -1.51. The molecule has 0 radical (unpaired) electrons. The van der Waals surface area contributed by atoms with Crippen molar-refractivity contribution in [2.75, 3.05) is 26.7 Å². The molecule has 1 N–H and O–H groups in total. The normalized spacial score (nSPS) is 14.2. The monoisotopic (exact) mass is 281 g/mol. The van der Waals surface area contributed by atoms with E-state index in [0.717, 1.165) is 5.56 Å². The molecule has 1 aromatic carbocycles. The van der Waals surface area contributed by atoms with Gasteiger partial charge < -0.3 is 4.90 Å². The first-order valence-electron chi connectivity index (χ1n) is 6.72. The number of hydrogen-bond donors (Lipinski definition) is 1. The number of benzene rings is 1. The quantitative estimate of drug-likeness (QED) is 0.796. The molecule has 1 aromatic rings. The number of halogens is 2.